The van der Waals surface area contributed by atoms with Crippen LogP contribution in [0.15, 0.2) is 53.4 Å². The molecule has 2 unspecified atom stereocenters. The highest BCUT2D eigenvalue weighted by Gasteiger charge is 2.26. The zero-order valence-corrected chi connectivity index (χ0v) is 21.8. The Balaban J connectivity index is 1.44. The van der Waals surface area contributed by atoms with Gasteiger partial charge in [0.05, 0.1) is 10.8 Å². The summed E-state index contributed by atoms with van der Waals surface area (Å²) in [7, 11) is 0. The number of hydrogen-bond acceptors (Lipinski definition) is 5. The van der Waals surface area contributed by atoms with Crippen molar-refractivity contribution in [3.8, 4) is 6.07 Å². The van der Waals surface area contributed by atoms with Gasteiger partial charge in [-0.25, -0.2) is 0 Å². The third-order valence-electron chi connectivity index (χ3n) is 6.21. The fourth-order valence-electron chi connectivity index (χ4n) is 4.19. The molecule has 2 aromatic carbocycles. The van der Waals surface area contributed by atoms with Crippen LogP contribution < -0.4 is 10.6 Å². The van der Waals surface area contributed by atoms with Crippen molar-refractivity contribution in [2.75, 3.05) is 10.6 Å². The molecule has 7 heteroatoms. The number of rotatable bonds is 7. The first-order valence-corrected chi connectivity index (χ1v) is 13.6. The van der Waals surface area contributed by atoms with Crippen molar-refractivity contribution in [3.63, 3.8) is 0 Å². The fraction of sp³-hybridized carbons (Fsp3) is 0.321. The van der Waals surface area contributed by atoms with Gasteiger partial charge in [0.15, 0.2) is 0 Å². The number of thiophene rings is 1. The minimum Gasteiger partial charge on any atom is -0.322 e. The van der Waals surface area contributed by atoms with Crippen LogP contribution in [0.25, 0.3) is 0 Å². The molecule has 0 bridgehead atoms. The van der Waals surface area contributed by atoms with Crippen LogP contribution in [-0.2, 0) is 17.6 Å². The van der Waals surface area contributed by atoms with E-state index in [1.54, 1.807) is 23.5 Å². The van der Waals surface area contributed by atoms with Crippen molar-refractivity contribution in [1.29, 1.82) is 5.26 Å². The molecule has 0 aliphatic heterocycles. The lowest BCUT2D eigenvalue weighted by molar-refractivity contribution is -0.115. The Hall–Kier alpha value is -3.08. The number of carbonyl (C=O) groups excluding carboxylic acids is 2. The smallest absolute Gasteiger partial charge is 0.255 e. The van der Waals surface area contributed by atoms with E-state index < -0.39 is 0 Å². The van der Waals surface area contributed by atoms with Crippen molar-refractivity contribution >= 4 is 45.6 Å². The molecule has 1 aromatic heterocycles. The summed E-state index contributed by atoms with van der Waals surface area (Å²) in [6.45, 7) is 6.19. The average molecular weight is 504 g/mol. The number of fused-ring (bicyclic) bond motifs is 1. The molecule has 0 radical (unpaired) electrons. The van der Waals surface area contributed by atoms with Gasteiger partial charge in [-0.1, -0.05) is 37.6 Å². The molecule has 1 aliphatic rings. The Kier molecular flexibility index (Phi) is 7.94. The fourth-order valence-corrected chi connectivity index (χ4v) is 6.57. The standard InChI is InChI=1S/C28H29N3O2S2/c1-4-24(27(33)31-28-23(16-29)22-13-10-18(3)14-25(22)35-28)34-21-7-5-6-20(15-21)30-26(32)19-11-8-17(2)9-12-19/h5-9,11-12,15,18,24H,4,10,13-14H2,1-3H3,(H,30,32)(H,31,33). The summed E-state index contributed by atoms with van der Waals surface area (Å²) >= 11 is 3.01. The Morgan fingerprint density at radius 3 is 2.69 bits per heavy atom. The zero-order valence-electron chi connectivity index (χ0n) is 20.2. The summed E-state index contributed by atoms with van der Waals surface area (Å²) in [4.78, 5) is 27.9. The van der Waals surface area contributed by atoms with Crippen molar-refractivity contribution < 1.29 is 9.59 Å². The summed E-state index contributed by atoms with van der Waals surface area (Å²) in [5, 5.41) is 16.1. The maximum Gasteiger partial charge on any atom is 0.255 e. The molecule has 180 valence electrons. The van der Waals surface area contributed by atoms with E-state index in [2.05, 4.69) is 23.6 Å². The number of amides is 2. The van der Waals surface area contributed by atoms with E-state index in [4.69, 9.17) is 0 Å². The molecule has 1 aliphatic carbocycles. The van der Waals surface area contributed by atoms with Gasteiger partial charge in [0, 0.05) is 21.0 Å². The molecule has 2 atom stereocenters. The predicted octanol–water partition coefficient (Wildman–Crippen LogP) is 6.81. The van der Waals surface area contributed by atoms with Crippen LogP contribution in [-0.4, -0.2) is 17.1 Å². The van der Waals surface area contributed by atoms with Crippen LogP contribution in [0.4, 0.5) is 10.7 Å². The first kappa shape index (κ1) is 25.0. The number of benzene rings is 2. The number of thioether (sulfide) groups is 1. The highest BCUT2D eigenvalue weighted by Crippen LogP contribution is 2.39. The van der Waals surface area contributed by atoms with Gasteiger partial charge in [-0.05, 0) is 74.4 Å². The normalized spacial score (nSPS) is 15.5. The number of nitriles is 1. The topological polar surface area (TPSA) is 82.0 Å². The van der Waals surface area contributed by atoms with Gasteiger partial charge < -0.3 is 10.6 Å². The molecule has 0 fully saturated rings. The first-order valence-electron chi connectivity index (χ1n) is 11.9. The quantitative estimate of drug-likeness (QED) is 0.347. The molecular formula is C28H29N3O2S2. The molecule has 0 saturated carbocycles. The maximum atomic E-state index is 13.2. The van der Waals surface area contributed by atoms with E-state index in [0.717, 1.165) is 35.3 Å². The monoisotopic (exact) mass is 503 g/mol. The number of nitrogens with one attached hydrogen (secondary N) is 2. The SMILES string of the molecule is CCC(Sc1cccc(NC(=O)c2ccc(C)cc2)c1)C(=O)Nc1sc2c(c1C#N)CCC(C)C2. The van der Waals surface area contributed by atoms with Crippen molar-refractivity contribution in [1.82, 2.24) is 0 Å². The Morgan fingerprint density at radius 1 is 1.20 bits per heavy atom. The van der Waals surface area contributed by atoms with Crippen molar-refractivity contribution in [3.05, 3.63) is 75.7 Å². The molecule has 3 aromatic rings. The lowest BCUT2D eigenvalue weighted by Crippen LogP contribution is -2.24. The van der Waals surface area contributed by atoms with Crippen LogP contribution >= 0.6 is 23.1 Å². The Bertz CT molecular complexity index is 1270. The Labute approximate surface area is 214 Å². The van der Waals surface area contributed by atoms with E-state index in [1.807, 2.05) is 50.2 Å². The number of carbonyl (C=O) groups is 2. The minimum absolute atomic E-state index is 0.102. The van der Waals surface area contributed by atoms with Gasteiger partial charge in [0.1, 0.15) is 11.1 Å². The van der Waals surface area contributed by atoms with Crippen molar-refractivity contribution in [2.24, 2.45) is 5.92 Å². The molecular weight excluding hydrogens is 474 g/mol. The summed E-state index contributed by atoms with van der Waals surface area (Å²) in [6, 6.07) is 17.3. The molecule has 35 heavy (non-hydrogen) atoms. The van der Waals surface area contributed by atoms with Crippen molar-refractivity contribution in [2.45, 2.75) is 56.6 Å². The zero-order chi connectivity index (χ0) is 24.9. The summed E-state index contributed by atoms with van der Waals surface area (Å²) in [5.74, 6) is 0.334. The first-order chi connectivity index (χ1) is 16.9. The van der Waals surface area contributed by atoms with Gasteiger partial charge in [0.2, 0.25) is 5.91 Å². The third kappa shape index (κ3) is 5.95. The van der Waals surface area contributed by atoms with Crippen LogP contribution in [0.2, 0.25) is 0 Å². The lowest BCUT2D eigenvalue weighted by atomic mass is 9.88. The van der Waals surface area contributed by atoms with E-state index in [9.17, 15) is 14.9 Å². The maximum absolute atomic E-state index is 13.2. The van der Waals surface area contributed by atoms with Crippen LogP contribution in [0.3, 0.4) is 0 Å². The van der Waals surface area contributed by atoms with Gasteiger partial charge in [-0.2, -0.15) is 5.26 Å². The number of aryl methyl sites for hydroxylation is 1. The average Bonchev–Trinajstić information content (AvgIpc) is 3.18. The summed E-state index contributed by atoms with van der Waals surface area (Å²) in [5.41, 5.74) is 4.13. The molecule has 2 N–H and O–H groups in total. The second kappa shape index (κ2) is 11.1. The van der Waals surface area contributed by atoms with Gasteiger partial charge in [-0.15, -0.1) is 23.1 Å². The largest absolute Gasteiger partial charge is 0.322 e. The lowest BCUT2D eigenvalue weighted by Gasteiger charge is -2.17. The molecule has 4 rings (SSSR count). The van der Waals surface area contributed by atoms with E-state index in [1.165, 1.54) is 16.6 Å². The molecule has 5 nitrogen and oxygen atoms in total. The van der Waals surface area contributed by atoms with E-state index in [0.29, 0.717) is 34.2 Å². The van der Waals surface area contributed by atoms with E-state index >= 15 is 0 Å². The molecule has 0 saturated heterocycles. The number of hydrogen-bond donors (Lipinski definition) is 2. The summed E-state index contributed by atoms with van der Waals surface area (Å²) in [6.07, 6.45) is 3.59. The second-order valence-electron chi connectivity index (χ2n) is 9.02. The Morgan fingerprint density at radius 2 is 1.97 bits per heavy atom. The van der Waals surface area contributed by atoms with Crippen LogP contribution in [0, 0.1) is 24.2 Å². The van der Waals surface area contributed by atoms with Gasteiger partial charge in [-0.3, -0.25) is 9.59 Å². The highest BCUT2D eigenvalue weighted by atomic mass is 32.2. The highest BCUT2D eigenvalue weighted by molar-refractivity contribution is 8.00. The molecule has 0 spiro atoms. The second-order valence-corrected chi connectivity index (χ2v) is 11.4. The van der Waals surface area contributed by atoms with Gasteiger partial charge >= 0.3 is 0 Å². The molecule has 2 amide bonds. The summed E-state index contributed by atoms with van der Waals surface area (Å²) < 4.78 is 0. The number of nitrogens with zero attached hydrogens (tertiary/aromatic N) is 1. The van der Waals surface area contributed by atoms with E-state index in [-0.39, 0.29) is 17.1 Å². The van der Waals surface area contributed by atoms with Crippen LogP contribution in [0.5, 0.6) is 0 Å². The van der Waals surface area contributed by atoms with Gasteiger partial charge in [0.25, 0.3) is 5.91 Å². The van der Waals surface area contributed by atoms with Crippen LogP contribution in [0.1, 0.15) is 58.6 Å². The third-order valence-corrected chi connectivity index (χ3v) is 8.74. The number of anilines is 2. The minimum atomic E-state index is -0.317. The molecule has 1 heterocycles. The predicted molar refractivity (Wildman–Crippen MR) is 144 cm³/mol.